The minimum absolute atomic E-state index is 0.101. The highest BCUT2D eigenvalue weighted by Gasteiger charge is 2.21. The van der Waals surface area contributed by atoms with E-state index in [1.165, 1.54) is 23.1 Å². The molecular formula is C10H14N2O3S. The van der Waals surface area contributed by atoms with Gasteiger partial charge in [-0.1, -0.05) is 0 Å². The second kappa shape index (κ2) is 4.78. The van der Waals surface area contributed by atoms with Crippen LogP contribution in [-0.4, -0.2) is 37.5 Å². The second-order valence-corrected chi connectivity index (χ2v) is 5.10. The average Bonchev–Trinajstić information content (AvgIpc) is 2.61. The van der Waals surface area contributed by atoms with E-state index in [9.17, 15) is 9.90 Å². The van der Waals surface area contributed by atoms with Crippen LogP contribution in [0.1, 0.15) is 23.3 Å². The topological polar surface area (TPSA) is 75.3 Å². The molecule has 0 spiro atoms. The Bertz CT molecular complexity index is 385. The molecule has 0 saturated carbocycles. The van der Waals surface area contributed by atoms with Crippen molar-refractivity contribution in [2.24, 2.45) is 5.92 Å². The van der Waals surface area contributed by atoms with E-state index in [0.29, 0.717) is 12.5 Å². The molecule has 0 radical (unpaired) electrons. The Balaban J connectivity index is 2.11. The number of hydrogen-bond acceptors (Lipinski definition) is 4. The van der Waals surface area contributed by atoms with Crippen LogP contribution in [0.5, 0.6) is 5.75 Å². The van der Waals surface area contributed by atoms with E-state index in [4.69, 9.17) is 5.11 Å². The highest BCUT2D eigenvalue weighted by atomic mass is 32.2. The van der Waals surface area contributed by atoms with Crippen molar-refractivity contribution >= 4 is 17.7 Å². The second-order valence-electron chi connectivity index (χ2n) is 3.95. The maximum atomic E-state index is 10.9. The maximum absolute atomic E-state index is 10.9. The number of carboxylic acids is 1. The molecule has 1 aliphatic rings. The van der Waals surface area contributed by atoms with Gasteiger partial charge in [-0.2, -0.15) is 16.9 Å². The van der Waals surface area contributed by atoms with Gasteiger partial charge >= 0.3 is 5.97 Å². The lowest BCUT2D eigenvalue weighted by Gasteiger charge is -2.21. The van der Waals surface area contributed by atoms with E-state index < -0.39 is 5.97 Å². The van der Waals surface area contributed by atoms with Gasteiger partial charge in [-0.05, 0) is 30.3 Å². The van der Waals surface area contributed by atoms with Gasteiger partial charge in [0.1, 0.15) is 0 Å². The highest BCUT2D eigenvalue weighted by molar-refractivity contribution is 7.99. The molecule has 1 unspecified atom stereocenters. The summed E-state index contributed by atoms with van der Waals surface area (Å²) in [4.78, 5) is 10.9. The minimum atomic E-state index is -1.13. The van der Waals surface area contributed by atoms with Gasteiger partial charge in [0.05, 0.1) is 6.20 Å². The van der Waals surface area contributed by atoms with Crippen LogP contribution < -0.4 is 0 Å². The number of carboxylic acid groups (broad SMARTS) is 1. The van der Waals surface area contributed by atoms with Gasteiger partial charge in [-0.15, -0.1) is 0 Å². The Morgan fingerprint density at radius 1 is 1.69 bits per heavy atom. The van der Waals surface area contributed by atoms with Crippen molar-refractivity contribution in [3.63, 3.8) is 0 Å². The first-order valence-corrected chi connectivity index (χ1v) is 6.39. The summed E-state index contributed by atoms with van der Waals surface area (Å²) in [5, 5.41) is 22.2. The van der Waals surface area contributed by atoms with Crippen LogP contribution in [0.25, 0.3) is 0 Å². The van der Waals surface area contributed by atoms with E-state index >= 15 is 0 Å². The van der Waals surface area contributed by atoms with Crippen molar-refractivity contribution in [3.05, 3.63) is 11.9 Å². The molecule has 88 valence electrons. The molecule has 0 amide bonds. The predicted octanol–water partition coefficient (Wildman–Crippen LogP) is 1.43. The number of nitrogens with zero attached hydrogens (tertiary/aromatic N) is 2. The highest BCUT2D eigenvalue weighted by Crippen LogP contribution is 2.25. The summed E-state index contributed by atoms with van der Waals surface area (Å²) in [6, 6.07) is 0. The standard InChI is InChI=1S/C10H14N2O3S/c13-8-4-11-12(9(8)10(14)15)5-7-2-1-3-16-6-7/h4,7,13H,1-3,5-6H2,(H,14,15). The molecule has 1 aliphatic heterocycles. The first-order valence-electron chi connectivity index (χ1n) is 5.24. The van der Waals surface area contributed by atoms with Crippen LogP contribution in [0.4, 0.5) is 0 Å². The number of aromatic hydroxyl groups is 1. The van der Waals surface area contributed by atoms with E-state index in [0.717, 1.165) is 12.2 Å². The molecule has 1 saturated heterocycles. The number of carbonyl (C=O) groups is 1. The molecule has 1 atom stereocenters. The quantitative estimate of drug-likeness (QED) is 0.838. The zero-order chi connectivity index (χ0) is 11.5. The molecule has 0 aromatic carbocycles. The molecule has 6 heteroatoms. The van der Waals surface area contributed by atoms with Gasteiger partial charge < -0.3 is 10.2 Å². The maximum Gasteiger partial charge on any atom is 0.358 e. The third kappa shape index (κ3) is 2.32. The van der Waals surface area contributed by atoms with Crippen molar-refractivity contribution in [2.75, 3.05) is 11.5 Å². The number of aromatic carboxylic acids is 1. The number of thioether (sulfide) groups is 1. The third-order valence-corrected chi connectivity index (χ3v) is 3.99. The SMILES string of the molecule is O=C(O)c1c(O)cnn1CC1CCCSC1. The van der Waals surface area contributed by atoms with Crippen LogP contribution >= 0.6 is 11.8 Å². The first-order chi connectivity index (χ1) is 7.68. The van der Waals surface area contributed by atoms with Gasteiger partial charge in [0.25, 0.3) is 0 Å². The van der Waals surface area contributed by atoms with E-state index in [1.54, 1.807) is 0 Å². The van der Waals surface area contributed by atoms with Crippen LogP contribution in [0.2, 0.25) is 0 Å². The molecule has 1 aromatic rings. The Kier molecular flexibility index (Phi) is 3.38. The lowest BCUT2D eigenvalue weighted by Crippen LogP contribution is -2.20. The van der Waals surface area contributed by atoms with E-state index in [1.807, 2.05) is 11.8 Å². The normalized spacial score (nSPS) is 20.9. The zero-order valence-corrected chi connectivity index (χ0v) is 9.61. The van der Waals surface area contributed by atoms with Crippen molar-refractivity contribution in [1.29, 1.82) is 0 Å². The molecular weight excluding hydrogens is 228 g/mol. The zero-order valence-electron chi connectivity index (χ0n) is 8.80. The summed E-state index contributed by atoms with van der Waals surface area (Å²) in [5.41, 5.74) is -0.101. The average molecular weight is 242 g/mol. The minimum Gasteiger partial charge on any atom is -0.504 e. The summed E-state index contributed by atoms with van der Waals surface area (Å²) in [6.07, 6.45) is 3.47. The number of hydrogen-bond donors (Lipinski definition) is 2. The molecule has 5 nitrogen and oxygen atoms in total. The molecule has 2 N–H and O–H groups in total. The van der Waals surface area contributed by atoms with Gasteiger partial charge in [-0.3, -0.25) is 4.68 Å². The lowest BCUT2D eigenvalue weighted by atomic mass is 10.1. The largest absolute Gasteiger partial charge is 0.504 e. The molecule has 0 bridgehead atoms. The summed E-state index contributed by atoms with van der Waals surface area (Å²) < 4.78 is 1.40. The van der Waals surface area contributed by atoms with Gasteiger partial charge in [-0.25, -0.2) is 4.79 Å². The summed E-state index contributed by atoms with van der Waals surface area (Å²) in [7, 11) is 0. The van der Waals surface area contributed by atoms with Crippen molar-refractivity contribution in [1.82, 2.24) is 9.78 Å². The fourth-order valence-corrected chi connectivity index (χ4v) is 3.07. The van der Waals surface area contributed by atoms with Crippen LogP contribution in [0, 0.1) is 5.92 Å². The molecule has 2 rings (SSSR count). The van der Waals surface area contributed by atoms with Gasteiger partial charge in [0.2, 0.25) is 0 Å². The Labute approximate surface area is 97.5 Å². The first kappa shape index (κ1) is 11.3. The van der Waals surface area contributed by atoms with Crippen LogP contribution in [-0.2, 0) is 6.54 Å². The predicted molar refractivity (Wildman–Crippen MR) is 60.9 cm³/mol. The fourth-order valence-electron chi connectivity index (χ4n) is 1.93. The monoisotopic (exact) mass is 242 g/mol. The lowest BCUT2D eigenvalue weighted by molar-refractivity contribution is 0.0678. The van der Waals surface area contributed by atoms with Crippen LogP contribution in [0.15, 0.2) is 6.20 Å². The van der Waals surface area contributed by atoms with Crippen molar-refractivity contribution < 1.29 is 15.0 Å². The summed E-state index contributed by atoms with van der Waals surface area (Å²) in [6.45, 7) is 0.579. The smallest absolute Gasteiger partial charge is 0.358 e. The van der Waals surface area contributed by atoms with Crippen molar-refractivity contribution in [2.45, 2.75) is 19.4 Å². The third-order valence-electron chi connectivity index (χ3n) is 2.71. The molecule has 2 heterocycles. The number of rotatable bonds is 3. The molecule has 1 fully saturated rings. The van der Waals surface area contributed by atoms with Gasteiger partial charge in [0.15, 0.2) is 11.4 Å². The van der Waals surface area contributed by atoms with E-state index in [-0.39, 0.29) is 11.4 Å². The van der Waals surface area contributed by atoms with Gasteiger partial charge in [0, 0.05) is 6.54 Å². The van der Waals surface area contributed by atoms with Crippen LogP contribution in [0.3, 0.4) is 0 Å². The molecule has 0 aliphatic carbocycles. The molecule has 1 aromatic heterocycles. The molecule has 16 heavy (non-hydrogen) atoms. The fraction of sp³-hybridized carbons (Fsp3) is 0.600. The Morgan fingerprint density at radius 2 is 2.50 bits per heavy atom. The Morgan fingerprint density at radius 3 is 3.12 bits per heavy atom. The summed E-state index contributed by atoms with van der Waals surface area (Å²) in [5.74, 6) is 1.30. The Hall–Kier alpha value is -1.17. The van der Waals surface area contributed by atoms with E-state index in [2.05, 4.69) is 5.10 Å². The van der Waals surface area contributed by atoms with Crippen molar-refractivity contribution in [3.8, 4) is 5.75 Å². The number of aromatic nitrogens is 2. The summed E-state index contributed by atoms with van der Waals surface area (Å²) >= 11 is 1.89.